The molecule has 10 rings (SSSR count). The summed E-state index contributed by atoms with van der Waals surface area (Å²) in [5.74, 6) is 2.02. The molecule has 0 aliphatic heterocycles. The van der Waals surface area contributed by atoms with Crippen LogP contribution in [0.2, 0.25) is 0 Å². The monoisotopic (exact) mass is 731 g/mol. The minimum atomic E-state index is -0.0606. The van der Waals surface area contributed by atoms with Crippen LogP contribution in [0.15, 0.2) is 164 Å². The fourth-order valence-corrected chi connectivity index (χ4v) is 10.4. The van der Waals surface area contributed by atoms with E-state index in [4.69, 9.17) is 15.0 Å². The van der Waals surface area contributed by atoms with Crippen LogP contribution in [0.4, 0.5) is 0 Å². The molecule has 0 atom stereocenters. The Bertz CT molecular complexity index is 2820. The SMILES string of the molecule is CC1(C)c2ccccc2-c2ccc(-c3cccc(-c4nc(-c5ccccc5)nc(-c5ccc6c(c5)[se]c5cccc(-c7ccccc7)c56)n4)c3)cc21. The maximum absolute atomic E-state index is 5.17. The average Bonchev–Trinajstić information content (AvgIpc) is 3.70. The van der Waals surface area contributed by atoms with Crippen LogP contribution in [0, 0.1) is 0 Å². The van der Waals surface area contributed by atoms with E-state index in [1.54, 1.807) is 0 Å². The van der Waals surface area contributed by atoms with Gasteiger partial charge in [0.05, 0.1) is 0 Å². The third kappa shape index (κ3) is 5.06. The first-order valence-electron chi connectivity index (χ1n) is 17.7. The van der Waals surface area contributed by atoms with Crippen LogP contribution >= 0.6 is 0 Å². The fraction of sp³-hybridized carbons (Fsp3) is 0.0625. The fourth-order valence-electron chi connectivity index (χ4n) is 7.90. The molecule has 0 spiro atoms. The van der Waals surface area contributed by atoms with Crippen molar-refractivity contribution in [3.05, 3.63) is 175 Å². The van der Waals surface area contributed by atoms with Gasteiger partial charge in [0.15, 0.2) is 0 Å². The Morgan fingerprint density at radius 3 is 1.73 bits per heavy atom. The molecule has 0 saturated carbocycles. The first-order chi connectivity index (χ1) is 25.5. The third-order valence-electron chi connectivity index (χ3n) is 10.5. The van der Waals surface area contributed by atoms with E-state index < -0.39 is 0 Å². The standard InChI is InChI=1S/C48H33N3Se/c1-48(2)40-21-10-9-19-37(40)38-25-23-33(28-41(38)48)32-17-11-18-34(27-32)46-49-45(31-15-7-4-8-16-31)50-47(51-46)35-24-26-39-43(29-35)52-42-22-12-20-36(44(39)42)30-13-5-3-6-14-30/h3-29H,1-2H3. The van der Waals surface area contributed by atoms with Gasteiger partial charge in [-0.1, -0.05) is 38.1 Å². The predicted octanol–water partition coefficient (Wildman–Crippen LogP) is 11.9. The molecule has 0 bridgehead atoms. The minimum absolute atomic E-state index is 0.0606. The average molecular weight is 731 g/mol. The molecule has 3 nitrogen and oxygen atoms in total. The van der Waals surface area contributed by atoms with Crippen molar-refractivity contribution in [2.75, 3.05) is 0 Å². The molecule has 2 heterocycles. The molecule has 52 heavy (non-hydrogen) atoms. The van der Waals surface area contributed by atoms with Gasteiger partial charge in [-0.05, 0) is 16.7 Å². The van der Waals surface area contributed by atoms with Gasteiger partial charge in [-0.3, -0.25) is 0 Å². The van der Waals surface area contributed by atoms with Gasteiger partial charge in [0, 0.05) is 5.41 Å². The molecule has 4 heteroatoms. The first kappa shape index (κ1) is 30.9. The second-order valence-corrected chi connectivity index (χ2v) is 16.3. The molecule has 246 valence electrons. The summed E-state index contributed by atoms with van der Waals surface area (Å²) in [6.07, 6.45) is 0. The Hall–Kier alpha value is -5.93. The summed E-state index contributed by atoms with van der Waals surface area (Å²) in [6, 6.07) is 58.7. The Kier molecular flexibility index (Phi) is 7.18. The van der Waals surface area contributed by atoms with Crippen LogP contribution < -0.4 is 0 Å². The third-order valence-corrected chi connectivity index (χ3v) is 12.9. The van der Waals surface area contributed by atoms with E-state index >= 15 is 0 Å². The van der Waals surface area contributed by atoms with Crippen LogP contribution in [-0.2, 0) is 5.41 Å². The maximum atomic E-state index is 5.17. The van der Waals surface area contributed by atoms with Crippen LogP contribution in [-0.4, -0.2) is 29.5 Å². The van der Waals surface area contributed by atoms with E-state index in [1.807, 2.05) is 18.2 Å². The number of benzene rings is 7. The van der Waals surface area contributed by atoms with Gasteiger partial charge in [-0.2, -0.15) is 0 Å². The van der Waals surface area contributed by atoms with E-state index in [1.165, 1.54) is 58.2 Å². The second-order valence-electron chi connectivity index (χ2n) is 14.0. The predicted molar refractivity (Wildman–Crippen MR) is 217 cm³/mol. The Morgan fingerprint density at radius 1 is 0.385 bits per heavy atom. The van der Waals surface area contributed by atoms with Crippen molar-refractivity contribution in [3.8, 4) is 67.5 Å². The first-order valence-corrected chi connectivity index (χ1v) is 19.4. The number of nitrogens with zero attached hydrogens (tertiary/aromatic N) is 3. The molecule has 1 aliphatic rings. The summed E-state index contributed by atoms with van der Waals surface area (Å²) in [6.45, 7) is 4.66. The zero-order valence-electron chi connectivity index (χ0n) is 28.8. The van der Waals surface area contributed by atoms with Crippen LogP contribution in [0.1, 0.15) is 25.0 Å². The molecule has 7 aromatic carbocycles. The molecule has 1 aliphatic carbocycles. The van der Waals surface area contributed by atoms with Gasteiger partial charge in [0.25, 0.3) is 0 Å². The Morgan fingerprint density at radius 2 is 0.942 bits per heavy atom. The van der Waals surface area contributed by atoms with Gasteiger partial charge < -0.3 is 0 Å². The molecular weight excluding hydrogens is 698 g/mol. The molecule has 0 radical (unpaired) electrons. The second kappa shape index (κ2) is 12.1. The molecule has 0 saturated heterocycles. The Balaban J connectivity index is 1.09. The van der Waals surface area contributed by atoms with Gasteiger partial charge in [0.2, 0.25) is 0 Å². The quantitative estimate of drug-likeness (QED) is 0.166. The van der Waals surface area contributed by atoms with Crippen molar-refractivity contribution in [2.24, 2.45) is 0 Å². The molecule has 0 unspecified atom stereocenters. The summed E-state index contributed by atoms with van der Waals surface area (Å²) >= 11 is 0.184. The van der Waals surface area contributed by atoms with Gasteiger partial charge >= 0.3 is 250 Å². The van der Waals surface area contributed by atoms with E-state index in [0.717, 1.165) is 22.3 Å². The van der Waals surface area contributed by atoms with Crippen LogP contribution in [0.3, 0.4) is 0 Å². The molecule has 0 amide bonds. The van der Waals surface area contributed by atoms with Crippen molar-refractivity contribution >= 4 is 33.8 Å². The van der Waals surface area contributed by atoms with Gasteiger partial charge in [-0.15, -0.1) is 0 Å². The normalized spacial score (nSPS) is 13.0. The van der Waals surface area contributed by atoms with E-state index in [0.29, 0.717) is 17.5 Å². The van der Waals surface area contributed by atoms with E-state index in [-0.39, 0.29) is 19.9 Å². The van der Waals surface area contributed by atoms with Crippen molar-refractivity contribution in [3.63, 3.8) is 0 Å². The molecule has 0 N–H and O–H groups in total. The number of aromatic nitrogens is 3. The zero-order chi connectivity index (χ0) is 34.8. The van der Waals surface area contributed by atoms with Gasteiger partial charge in [0.1, 0.15) is 0 Å². The van der Waals surface area contributed by atoms with E-state index in [2.05, 4.69) is 159 Å². The van der Waals surface area contributed by atoms with Crippen LogP contribution in [0.25, 0.3) is 86.8 Å². The number of rotatable bonds is 5. The summed E-state index contributed by atoms with van der Waals surface area (Å²) < 4.78 is 2.77. The topological polar surface area (TPSA) is 38.7 Å². The summed E-state index contributed by atoms with van der Waals surface area (Å²) in [5, 5.41) is 2.66. The molecule has 2 aromatic heterocycles. The number of hydrogen-bond donors (Lipinski definition) is 0. The van der Waals surface area contributed by atoms with Crippen molar-refractivity contribution < 1.29 is 0 Å². The molecule has 0 fully saturated rings. The van der Waals surface area contributed by atoms with Crippen LogP contribution in [0.5, 0.6) is 0 Å². The summed E-state index contributed by atoms with van der Waals surface area (Å²) in [5.41, 5.74) is 13.2. The van der Waals surface area contributed by atoms with Crippen molar-refractivity contribution in [1.29, 1.82) is 0 Å². The van der Waals surface area contributed by atoms with Crippen molar-refractivity contribution in [2.45, 2.75) is 19.3 Å². The molecule has 9 aromatic rings. The zero-order valence-corrected chi connectivity index (χ0v) is 30.6. The Labute approximate surface area is 309 Å². The summed E-state index contributed by atoms with van der Waals surface area (Å²) in [7, 11) is 0. The number of fused-ring (bicyclic) bond motifs is 6. The van der Waals surface area contributed by atoms with E-state index in [9.17, 15) is 0 Å². The van der Waals surface area contributed by atoms with Gasteiger partial charge in [-0.25, -0.2) is 0 Å². The number of hydrogen-bond acceptors (Lipinski definition) is 3. The van der Waals surface area contributed by atoms with Crippen molar-refractivity contribution in [1.82, 2.24) is 15.0 Å². The summed E-state index contributed by atoms with van der Waals surface area (Å²) in [4.78, 5) is 15.3. The molecular formula is C48H33N3Se.